The fourth-order valence-electron chi connectivity index (χ4n) is 2.17. The van der Waals surface area contributed by atoms with Crippen LogP contribution < -0.4 is 15.4 Å². The van der Waals surface area contributed by atoms with Crippen molar-refractivity contribution >= 4 is 29.2 Å². The molecule has 150 valence electrons. The Morgan fingerprint density at radius 3 is 2.36 bits per heavy atom. The lowest BCUT2D eigenvalue weighted by atomic mass is 10.1. The van der Waals surface area contributed by atoms with Crippen molar-refractivity contribution in [1.82, 2.24) is 15.6 Å². The van der Waals surface area contributed by atoms with Crippen LogP contribution in [-0.2, 0) is 9.53 Å². The van der Waals surface area contributed by atoms with Gasteiger partial charge >= 0.3 is 12.0 Å². The van der Waals surface area contributed by atoms with Gasteiger partial charge in [-0.15, -0.1) is 11.3 Å². The fraction of sp³-hybridized carbons (Fsp3) is 0.368. The molecule has 0 aliphatic heterocycles. The van der Waals surface area contributed by atoms with Crippen molar-refractivity contribution in [3.63, 3.8) is 0 Å². The zero-order chi connectivity index (χ0) is 20.9. The molecule has 8 nitrogen and oxygen atoms in total. The van der Waals surface area contributed by atoms with Gasteiger partial charge in [0.15, 0.2) is 6.61 Å². The van der Waals surface area contributed by atoms with Gasteiger partial charge in [0.05, 0.1) is 12.8 Å². The van der Waals surface area contributed by atoms with E-state index < -0.39 is 30.1 Å². The van der Waals surface area contributed by atoms with Crippen molar-refractivity contribution < 1.29 is 23.9 Å². The molecule has 2 N–H and O–H groups in total. The zero-order valence-corrected chi connectivity index (χ0v) is 17.2. The highest BCUT2D eigenvalue weighted by atomic mass is 32.1. The molecule has 2 aromatic rings. The summed E-state index contributed by atoms with van der Waals surface area (Å²) in [5.41, 5.74) is 0.856. The number of carbonyl (C=O) groups is 3. The number of nitrogens with one attached hydrogen (secondary N) is 2. The molecule has 0 saturated heterocycles. The standard InChI is InChI=1S/C19H23N3O5S/c1-11-15(28-16(20-11)12-6-8-13(26-5)9-7-12)17(24)27-10-14(23)21-18(25)22-19(2,3)4/h6-9H,10H2,1-5H3,(H2,21,22,23,25). The van der Waals surface area contributed by atoms with E-state index in [1.54, 1.807) is 46.9 Å². The Morgan fingerprint density at radius 1 is 1.14 bits per heavy atom. The smallest absolute Gasteiger partial charge is 0.350 e. The number of thiazole rings is 1. The Labute approximate surface area is 167 Å². The molecule has 1 heterocycles. The number of aryl methyl sites for hydroxylation is 1. The van der Waals surface area contributed by atoms with Crippen LogP contribution in [0.15, 0.2) is 24.3 Å². The van der Waals surface area contributed by atoms with Gasteiger partial charge in [0.1, 0.15) is 15.6 Å². The SMILES string of the molecule is COc1ccc(-c2nc(C)c(C(=O)OCC(=O)NC(=O)NC(C)(C)C)s2)cc1. The van der Waals surface area contributed by atoms with Gasteiger partial charge in [-0.25, -0.2) is 14.6 Å². The Bertz CT molecular complexity index is 869. The van der Waals surface area contributed by atoms with Crippen LogP contribution in [-0.4, -0.2) is 42.1 Å². The summed E-state index contributed by atoms with van der Waals surface area (Å²) in [6, 6.07) is 6.64. The van der Waals surface area contributed by atoms with Gasteiger partial charge in [0.2, 0.25) is 0 Å². The van der Waals surface area contributed by atoms with E-state index in [0.717, 1.165) is 11.3 Å². The minimum absolute atomic E-state index is 0.303. The van der Waals surface area contributed by atoms with E-state index in [1.165, 1.54) is 11.3 Å². The highest BCUT2D eigenvalue weighted by Gasteiger charge is 2.20. The number of esters is 1. The Balaban J connectivity index is 1.96. The number of amides is 3. The molecule has 1 aromatic carbocycles. The molecule has 0 bridgehead atoms. The number of aromatic nitrogens is 1. The predicted octanol–water partition coefficient (Wildman–Crippen LogP) is 2.91. The molecule has 0 fully saturated rings. The maximum Gasteiger partial charge on any atom is 0.350 e. The molecule has 3 amide bonds. The van der Waals surface area contributed by atoms with E-state index >= 15 is 0 Å². The highest BCUT2D eigenvalue weighted by molar-refractivity contribution is 7.17. The molecule has 0 aliphatic rings. The molecule has 9 heteroatoms. The summed E-state index contributed by atoms with van der Waals surface area (Å²) in [5, 5.41) is 5.34. The van der Waals surface area contributed by atoms with Gasteiger partial charge in [-0.3, -0.25) is 10.1 Å². The molecule has 0 spiro atoms. The largest absolute Gasteiger partial charge is 0.497 e. The van der Waals surface area contributed by atoms with E-state index in [0.29, 0.717) is 15.6 Å². The fourth-order valence-corrected chi connectivity index (χ4v) is 3.14. The molecule has 0 atom stereocenters. The number of carbonyl (C=O) groups excluding carboxylic acids is 3. The lowest BCUT2D eigenvalue weighted by Crippen LogP contribution is -2.49. The summed E-state index contributed by atoms with van der Waals surface area (Å²) in [7, 11) is 1.58. The van der Waals surface area contributed by atoms with Gasteiger partial charge in [-0.05, 0) is 52.0 Å². The molecule has 2 rings (SSSR count). The first-order valence-corrected chi connectivity index (χ1v) is 9.31. The van der Waals surface area contributed by atoms with E-state index in [1.807, 2.05) is 12.1 Å². The number of imide groups is 1. The third kappa shape index (κ3) is 6.05. The third-order valence-corrected chi connectivity index (χ3v) is 4.58. The van der Waals surface area contributed by atoms with Crippen LogP contribution in [0.25, 0.3) is 10.6 Å². The highest BCUT2D eigenvalue weighted by Crippen LogP contribution is 2.29. The molecule has 1 aromatic heterocycles. The van der Waals surface area contributed by atoms with E-state index in [2.05, 4.69) is 15.6 Å². The van der Waals surface area contributed by atoms with Crippen molar-refractivity contribution in [2.45, 2.75) is 33.2 Å². The normalized spacial score (nSPS) is 10.9. The summed E-state index contributed by atoms with van der Waals surface area (Å²) in [5.74, 6) is -0.660. The lowest BCUT2D eigenvalue weighted by Gasteiger charge is -2.20. The quantitative estimate of drug-likeness (QED) is 0.741. The van der Waals surface area contributed by atoms with E-state index in [9.17, 15) is 14.4 Å². The Kier molecular flexibility index (Phi) is 6.74. The van der Waals surface area contributed by atoms with Crippen LogP contribution in [0, 0.1) is 6.92 Å². The monoisotopic (exact) mass is 405 g/mol. The average molecular weight is 405 g/mol. The van der Waals surface area contributed by atoms with Crippen molar-refractivity contribution in [2.75, 3.05) is 13.7 Å². The van der Waals surface area contributed by atoms with Gasteiger partial charge in [0, 0.05) is 11.1 Å². The summed E-state index contributed by atoms with van der Waals surface area (Å²) < 4.78 is 10.1. The molecule has 0 saturated carbocycles. The number of hydrogen-bond acceptors (Lipinski definition) is 7. The maximum atomic E-state index is 12.3. The molecular formula is C19H23N3O5S. The first-order chi connectivity index (χ1) is 13.1. The number of nitrogens with zero attached hydrogens (tertiary/aromatic N) is 1. The van der Waals surface area contributed by atoms with Gasteiger partial charge in [-0.2, -0.15) is 0 Å². The van der Waals surface area contributed by atoms with Crippen LogP contribution in [0.3, 0.4) is 0 Å². The van der Waals surface area contributed by atoms with Gasteiger partial charge in [-0.1, -0.05) is 0 Å². The Morgan fingerprint density at radius 2 is 1.79 bits per heavy atom. The summed E-state index contributed by atoms with van der Waals surface area (Å²) >= 11 is 1.17. The second kappa shape index (κ2) is 8.83. The molecule has 0 radical (unpaired) electrons. The summed E-state index contributed by atoms with van der Waals surface area (Å²) in [6.45, 7) is 6.47. The minimum atomic E-state index is -0.715. The molecule has 0 unspecified atom stereocenters. The first kappa shape index (κ1) is 21.4. The number of methoxy groups -OCH3 is 1. The van der Waals surface area contributed by atoms with Crippen LogP contribution in [0.4, 0.5) is 4.79 Å². The van der Waals surface area contributed by atoms with Crippen LogP contribution in [0.1, 0.15) is 36.1 Å². The first-order valence-electron chi connectivity index (χ1n) is 8.50. The number of ether oxygens (including phenoxy) is 2. The number of urea groups is 1. The van der Waals surface area contributed by atoms with E-state index in [4.69, 9.17) is 9.47 Å². The topological polar surface area (TPSA) is 107 Å². The number of rotatable bonds is 5. The van der Waals surface area contributed by atoms with Crippen LogP contribution in [0.5, 0.6) is 5.75 Å². The minimum Gasteiger partial charge on any atom is -0.497 e. The lowest BCUT2D eigenvalue weighted by molar-refractivity contribution is -0.123. The summed E-state index contributed by atoms with van der Waals surface area (Å²) in [6.07, 6.45) is 0. The summed E-state index contributed by atoms with van der Waals surface area (Å²) in [4.78, 5) is 40.4. The second-order valence-corrected chi connectivity index (χ2v) is 7.99. The van der Waals surface area contributed by atoms with Crippen molar-refractivity contribution in [3.8, 4) is 16.3 Å². The number of hydrogen-bond donors (Lipinski definition) is 2. The Hall–Kier alpha value is -2.94. The second-order valence-electron chi connectivity index (χ2n) is 6.99. The average Bonchev–Trinajstić information content (AvgIpc) is 3.00. The third-order valence-electron chi connectivity index (χ3n) is 3.39. The van der Waals surface area contributed by atoms with E-state index in [-0.39, 0.29) is 0 Å². The predicted molar refractivity (Wildman–Crippen MR) is 106 cm³/mol. The van der Waals surface area contributed by atoms with Crippen molar-refractivity contribution in [3.05, 3.63) is 34.8 Å². The molecule has 0 aliphatic carbocycles. The molecule has 28 heavy (non-hydrogen) atoms. The van der Waals surface area contributed by atoms with Gasteiger partial charge < -0.3 is 14.8 Å². The van der Waals surface area contributed by atoms with Gasteiger partial charge in [0.25, 0.3) is 5.91 Å². The van der Waals surface area contributed by atoms with Crippen LogP contribution in [0.2, 0.25) is 0 Å². The maximum absolute atomic E-state index is 12.3. The number of benzene rings is 1. The van der Waals surface area contributed by atoms with Crippen molar-refractivity contribution in [2.24, 2.45) is 0 Å². The van der Waals surface area contributed by atoms with Crippen molar-refractivity contribution in [1.29, 1.82) is 0 Å². The molecular weight excluding hydrogens is 382 g/mol. The zero-order valence-electron chi connectivity index (χ0n) is 16.4. The van der Waals surface area contributed by atoms with Crippen LogP contribution >= 0.6 is 11.3 Å².